The zero-order valence-electron chi connectivity index (χ0n) is 18.5. The number of aliphatic imine (C=N–C) groups is 1. The average molecular weight is 528 g/mol. The summed E-state index contributed by atoms with van der Waals surface area (Å²) in [6.45, 7) is 9.87. The monoisotopic (exact) mass is 528 g/mol. The molecule has 0 aliphatic rings. The Balaban J connectivity index is 0.00000450. The predicted octanol–water partition coefficient (Wildman–Crippen LogP) is 4.70. The zero-order valence-corrected chi connectivity index (χ0v) is 20.8. The number of nitrogens with zero attached hydrogens (tertiary/aromatic N) is 1. The van der Waals surface area contributed by atoms with E-state index in [1.807, 2.05) is 77.1 Å². The molecule has 0 aliphatic carbocycles. The number of benzene rings is 1. The molecule has 8 heteroatoms. The molecular formula is C22H33IN4O3. The van der Waals surface area contributed by atoms with Crippen LogP contribution in [-0.4, -0.2) is 31.2 Å². The number of carbonyl (C=O) groups excluding carboxylic acids is 1. The van der Waals surface area contributed by atoms with Gasteiger partial charge in [0.2, 0.25) is 0 Å². The van der Waals surface area contributed by atoms with Crippen LogP contribution in [0.1, 0.15) is 56.9 Å². The van der Waals surface area contributed by atoms with Crippen LogP contribution in [-0.2, 0) is 4.74 Å². The molecule has 2 rings (SSSR count). The van der Waals surface area contributed by atoms with Crippen molar-refractivity contribution in [1.82, 2.24) is 16.0 Å². The molecule has 1 aromatic carbocycles. The molecule has 1 heterocycles. The van der Waals surface area contributed by atoms with Crippen molar-refractivity contribution in [3.63, 3.8) is 0 Å². The van der Waals surface area contributed by atoms with Gasteiger partial charge in [-0.1, -0.05) is 30.3 Å². The summed E-state index contributed by atoms with van der Waals surface area (Å²) in [6, 6.07) is 13.3. The summed E-state index contributed by atoms with van der Waals surface area (Å²) in [4.78, 5) is 16.6. The molecule has 1 amide bonds. The lowest BCUT2D eigenvalue weighted by atomic mass is 10.1. The number of alkyl carbamates (subject to hydrolysis) is 1. The third kappa shape index (κ3) is 8.64. The Hall–Kier alpha value is -2.23. The second-order valence-electron chi connectivity index (χ2n) is 7.88. The standard InChI is InChI=1S/C22H32N4O3.HI/c1-15-12-13-19(28-15)16(2)25-20(23-6)24-14-18(17-10-8-7-9-11-17)26-21(27)29-22(3,4)5;/h7-13,16,18H,14H2,1-6H3,(H,26,27)(H2,23,24,25);1H. The van der Waals surface area contributed by atoms with Crippen LogP contribution in [0.2, 0.25) is 0 Å². The van der Waals surface area contributed by atoms with Crippen LogP contribution >= 0.6 is 24.0 Å². The Labute approximate surface area is 196 Å². The first-order chi connectivity index (χ1) is 13.7. The molecule has 0 aliphatic heterocycles. The molecule has 0 saturated heterocycles. The van der Waals surface area contributed by atoms with Gasteiger partial charge in [-0.05, 0) is 52.3 Å². The van der Waals surface area contributed by atoms with Crippen molar-refractivity contribution < 1.29 is 13.9 Å². The van der Waals surface area contributed by atoms with Crippen LogP contribution in [0.15, 0.2) is 51.9 Å². The highest BCUT2D eigenvalue weighted by molar-refractivity contribution is 14.0. The van der Waals surface area contributed by atoms with E-state index in [0.29, 0.717) is 12.5 Å². The van der Waals surface area contributed by atoms with Gasteiger partial charge in [0.25, 0.3) is 0 Å². The molecule has 7 nitrogen and oxygen atoms in total. The van der Waals surface area contributed by atoms with E-state index in [2.05, 4.69) is 20.9 Å². The minimum atomic E-state index is -0.563. The highest BCUT2D eigenvalue weighted by Gasteiger charge is 2.21. The molecule has 0 bridgehead atoms. The lowest BCUT2D eigenvalue weighted by molar-refractivity contribution is 0.0504. The number of ether oxygens (including phenoxy) is 1. The van der Waals surface area contributed by atoms with Crippen LogP contribution in [0.25, 0.3) is 0 Å². The number of carbonyl (C=O) groups is 1. The maximum absolute atomic E-state index is 12.3. The fourth-order valence-corrected chi connectivity index (χ4v) is 2.74. The van der Waals surface area contributed by atoms with Crippen molar-refractivity contribution in [2.24, 2.45) is 4.99 Å². The Morgan fingerprint density at radius 2 is 1.80 bits per heavy atom. The minimum Gasteiger partial charge on any atom is -0.464 e. The predicted molar refractivity (Wildman–Crippen MR) is 130 cm³/mol. The number of rotatable bonds is 6. The normalized spacial score (nSPS) is 13.6. The van der Waals surface area contributed by atoms with E-state index in [4.69, 9.17) is 9.15 Å². The molecule has 166 valence electrons. The molecule has 0 saturated carbocycles. The van der Waals surface area contributed by atoms with Crippen molar-refractivity contribution in [1.29, 1.82) is 0 Å². The maximum atomic E-state index is 12.3. The van der Waals surface area contributed by atoms with Gasteiger partial charge in [-0.2, -0.15) is 0 Å². The van der Waals surface area contributed by atoms with Crippen molar-refractivity contribution in [3.05, 3.63) is 59.5 Å². The van der Waals surface area contributed by atoms with E-state index < -0.39 is 11.7 Å². The van der Waals surface area contributed by atoms with Crippen LogP contribution in [0.5, 0.6) is 0 Å². The third-order valence-corrected chi connectivity index (χ3v) is 4.13. The molecule has 2 aromatic rings. The quantitative estimate of drug-likeness (QED) is 0.288. The molecule has 0 fully saturated rings. The Morgan fingerprint density at radius 3 is 2.33 bits per heavy atom. The largest absolute Gasteiger partial charge is 0.464 e. The lowest BCUT2D eigenvalue weighted by Gasteiger charge is -2.25. The molecule has 2 atom stereocenters. The topological polar surface area (TPSA) is 87.9 Å². The molecular weight excluding hydrogens is 495 g/mol. The number of hydrogen-bond acceptors (Lipinski definition) is 4. The summed E-state index contributed by atoms with van der Waals surface area (Å²) >= 11 is 0. The number of furan rings is 1. The van der Waals surface area contributed by atoms with E-state index in [-0.39, 0.29) is 36.1 Å². The molecule has 0 spiro atoms. The van der Waals surface area contributed by atoms with Crippen LogP contribution in [0.3, 0.4) is 0 Å². The number of nitrogens with one attached hydrogen (secondary N) is 3. The van der Waals surface area contributed by atoms with Gasteiger partial charge in [0, 0.05) is 13.6 Å². The summed E-state index contributed by atoms with van der Waals surface area (Å²) < 4.78 is 11.1. The van der Waals surface area contributed by atoms with Gasteiger partial charge in [-0.15, -0.1) is 24.0 Å². The molecule has 30 heavy (non-hydrogen) atoms. The zero-order chi connectivity index (χ0) is 21.4. The summed E-state index contributed by atoms with van der Waals surface area (Å²) in [5.41, 5.74) is 0.406. The van der Waals surface area contributed by atoms with E-state index in [1.165, 1.54) is 0 Å². The fourth-order valence-electron chi connectivity index (χ4n) is 2.74. The first-order valence-corrected chi connectivity index (χ1v) is 9.76. The van der Waals surface area contributed by atoms with Crippen molar-refractivity contribution in [2.75, 3.05) is 13.6 Å². The Bertz CT molecular complexity index is 815. The fraction of sp³-hybridized carbons (Fsp3) is 0.455. The van der Waals surface area contributed by atoms with Crippen LogP contribution in [0, 0.1) is 6.92 Å². The van der Waals surface area contributed by atoms with Gasteiger partial charge in [-0.3, -0.25) is 4.99 Å². The summed E-state index contributed by atoms with van der Waals surface area (Å²) in [7, 11) is 1.70. The molecule has 1 aromatic heterocycles. The lowest BCUT2D eigenvalue weighted by Crippen LogP contribution is -2.44. The number of guanidine groups is 1. The minimum absolute atomic E-state index is 0. The maximum Gasteiger partial charge on any atom is 0.408 e. The Morgan fingerprint density at radius 1 is 1.13 bits per heavy atom. The summed E-state index contributed by atoms with van der Waals surface area (Å²) in [5.74, 6) is 2.30. The SMILES string of the molecule is CN=C(NCC(NC(=O)OC(C)(C)C)c1ccccc1)NC(C)c1ccc(C)o1.I. The van der Waals surface area contributed by atoms with Gasteiger partial charge in [0.1, 0.15) is 17.1 Å². The first kappa shape index (κ1) is 25.8. The molecule has 0 radical (unpaired) electrons. The number of amides is 1. The van der Waals surface area contributed by atoms with Gasteiger partial charge in [-0.25, -0.2) is 4.79 Å². The van der Waals surface area contributed by atoms with Gasteiger partial charge < -0.3 is 25.1 Å². The second kappa shape index (κ2) is 11.8. The first-order valence-electron chi connectivity index (χ1n) is 9.76. The molecule has 3 N–H and O–H groups in total. The van der Waals surface area contributed by atoms with Crippen molar-refractivity contribution in [2.45, 2.75) is 52.3 Å². The highest BCUT2D eigenvalue weighted by atomic mass is 127. The van der Waals surface area contributed by atoms with Crippen LogP contribution in [0.4, 0.5) is 4.79 Å². The van der Waals surface area contributed by atoms with Gasteiger partial charge >= 0.3 is 6.09 Å². The van der Waals surface area contributed by atoms with Gasteiger partial charge in [0.05, 0.1) is 12.1 Å². The number of aryl methyl sites for hydroxylation is 1. The average Bonchev–Trinajstić information content (AvgIpc) is 3.09. The number of halogens is 1. The van der Waals surface area contributed by atoms with E-state index >= 15 is 0 Å². The third-order valence-electron chi connectivity index (χ3n) is 4.13. The van der Waals surface area contributed by atoms with E-state index in [9.17, 15) is 4.79 Å². The summed E-state index contributed by atoms with van der Waals surface area (Å²) in [5, 5.41) is 9.50. The smallest absolute Gasteiger partial charge is 0.408 e. The van der Waals surface area contributed by atoms with Crippen molar-refractivity contribution >= 4 is 36.0 Å². The number of hydrogen-bond donors (Lipinski definition) is 3. The summed E-state index contributed by atoms with van der Waals surface area (Å²) in [6.07, 6.45) is -0.462. The second-order valence-corrected chi connectivity index (χ2v) is 7.88. The van der Waals surface area contributed by atoms with Crippen molar-refractivity contribution in [3.8, 4) is 0 Å². The Kier molecular flexibility index (Phi) is 10.2. The molecule has 2 unspecified atom stereocenters. The van der Waals surface area contributed by atoms with Crippen LogP contribution < -0.4 is 16.0 Å². The van der Waals surface area contributed by atoms with E-state index in [0.717, 1.165) is 17.1 Å². The highest BCUT2D eigenvalue weighted by Crippen LogP contribution is 2.16. The van der Waals surface area contributed by atoms with Gasteiger partial charge in [0.15, 0.2) is 5.96 Å². The van der Waals surface area contributed by atoms with E-state index in [1.54, 1.807) is 7.05 Å².